The van der Waals surface area contributed by atoms with Crippen LogP contribution in [0.25, 0.3) is 0 Å². The number of carboxylic acids is 1. The third kappa shape index (κ3) is 2.90. The van der Waals surface area contributed by atoms with Crippen LogP contribution < -0.4 is 4.72 Å². The molecule has 1 saturated heterocycles. The van der Waals surface area contributed by atoms with Crippen molar-refractivity contribution in [2.24, 2.45) is 0 Å². The molecular formula is C8H16N2O4S. The van der Waals surface area contributed by atoms with Crippen LogP contribution in [-0.2, 0) is 15.0 Å². The maximum Gasteiger partial charge on any atom is 0.321 e. The molecule has 1 unspecified atom stereocenters. The van der Waals surface area contributed by atoms with Gasteiger partial charge in [0.05, 0.1) is 0 Å². The molecule has 0 spiro atoms. The van der Waals surface area contributed by atoms with E-state index in [-0.39, 0.29) is 6.04 Å². The number of hydrogen-bond acceptors (Lipinski definition) is 3. The molecule has 0 aromatic rings. The van der Waals surface area contributed by atoms with E-state index in [2.05, 4.69) is 4.72 Å². The summed E-state index contributed by atoms with van der Waals surface area (Å²) in [6.45, 7) is 3.58. The zero-order chi connectivity index (χ0) is 11.6. The average Bonchev–Trinajstić information content (AvgIpc) is 2.50. The Balaban J connectivity index is 2.71. The van der Waals surface area contributed by atoms with Crippen LogP contribution in [0.4, 0.5) is 0 Å². The molecule has 7 heteroatoms. The van der Waals surface area contributed by atoms with Gasteiger partial charge in [0, 0.05) is 12.6 Å². The summed E-state index contributed by atoms with van der Waals surface area (Å²) in [6, 6.07) is -1.15. The van der Waals surface area contributed by atoms with E-state index in [1.807, 2.05) is 6.92 Å². The maximum atomic E-state index is 11.7. The molecule has 0 bridgehead atoms. The van der Waals surface area contributed by atoms with Crippen molar-refractivity contribution in [2.45, 2.75) is 38.8 Å². The fraction of sp³-hybridized carbons (Fsp3) is 0.875. The Bertz CT molecular complexity index is 341. The third-order valence-corrected chi connectivity index (χ3v) is 4.31. The van der Waals surface area contributed by atoms with Crippen molar-refractivity contribution in [1.29, 1.82) is 0 Å². The van der Waals surface area contributed by atoms with Crippen LogP contribution in [0, 0.1) is 0 Å². The Morgan fingerprint density at radius 3 is 2.60 bits per heavy atom. The molecule has 0 aliphatic carbocycles. The highest BCUT2D eigenvalue weighted by molar-refractivity contribution is 7.87. The zero-order valence-corrected chi connectivity index (χ0v) is 9.62. The van der Waals surface area contributed by atoms with Crippen LogP contribution in [0.5, 0.6) is 0 Å². The molecule has 0 aromatic heterocycles. The summed E-state index contributed by atoms with van der Waals surface area (Å²) >= 11 is 0. The lowest BCUT2D eigenvalue weighted by Crippen LogP contribution is -2.48. The predicted molar refractivity (Wildman–Crippen MR) is 54.6 cm³/mol. The van der Waals surface area contributed by atoms with Crippen molar-refractivity contribution in [3.8, 4) is 0 Å². The van der Waals surface area contributed by atoms with Crippen molar-refractivity contribution >= 4 is 16.2 Å². The summed E-state index contributed by atoms with van der Waals surface area (Å²) in [6.07, 6.45) is 1.64. The second kappa shape index (κ2) is 4.46. The maximum absolute atomic E-state index is 11.7. The highest BCUT2D eigenvalue weighted by Crippen LogP contribution is 2.19. The number of nitrogens with zero attached hydrogens (tertiary/aromatic N) is 1. The molecule has 1 aliphatic rings. The molecule has 1 aliphatic heterocycles. The standard InChI is InChI=1S/C8H16N2O4S/c1-6-4-3-5-10(6)15(13,14)9-7(2)8(11)12/h6-7,9H,3-5H2,1-2H3,(H,11,12)/t6?,7-/m1/s1. The minimum Gasteiger partial charge on any atom is -0.480 e. The van der Waals surface area contributed by atoms with Gasteiger partial charge in [-0.3, -0.25) is 4.79 Å². The summed E-state index contributed by atoms with van der Waals surface area (Å²) in [4.78, 5) is 10.5. The first-order chi connectivity index (χ1) is 6.84. The normalized spacial score (nSPS) is 25.3. The first-order valence-corrected chi connectivity index (χ1v) is 6.30. The molecule has 88 valence electrons. The van der Waals surface area contributed by atoms with Gasteiger partial charge in [-0.2, -0.15) is 17.4 Å². The van der Waals surface area contributed by atoms with Crippen molar-refractivity contribution in [3.05, 3.63) is 0 Å². The lowest BCUT2D eigenvalue weighted by Gasteiger charge is -2.22. The molecule has 0 saturated carbocycles. The van der Waals surface area contributed by atoms with Crippen molar-refractivity contribution in [2.75, 3.05) is 6.54 Å². The number of nitrogens with one attached hydrogen (secondary N) is 1. The summed E-state index contributed by atoms with van der Waals surface area (Å²) in [7, 11) is -3.65. The molecule has 1 heterocycles. The van der Waals surface area contributed by atoms with Crippen LogP contribution in [-0.4, -0.2) is 42.4 Å². The highest BCUT2D eigenvalue weighted by Gasteiger charge is 2.33. The largest absolute Gasteiger partial charge is 0.480 e. The van der Waals surface area contributed by atoms with Gasteiger partial charge in [0.1, 0.15) is 6.04 Å². The van der Waals surface area contributed by atoms with E-state index in [0.717, 1.165) is 12.8 Å². The first kappa shape index (κ1) is 12.4. The smallest absolute Gasteiger partial charge is 0.321 e. The van der Waals surface area contributed by atoms with Crippen LogP contribution in [0.1, 0.15) is 26.7 Å². The third-order valence-electron chi connectivity index (χ3n) is 2.50. The molecule has 6 nitrogen and oxygen atoms in total. The molecule has 1 rings (SSSR count). The second-order valence-electron chi connectivity index (χ2n) is 3.78. The van der Waals surface area contributed by atoms with Gasteiger partial charge in [0.25, 0.3) is 10.2 Å². The van der Waals surface area contributed by atoms with Crippen LogP contribution in [0.2, 0.25) is 0 Å². The fourth-order valence-electron chi connectivity index (χ4n) is 1.61. The van der Waals surface area contributed by atoms with Gasteiger partial charge >= 0.3 is 5.97 Å². The summed E-state index contributed by atoms with van der Waals surface area (Å²) in [5, 5.41) is 8.61. The van der Waals surface area contributed by atoms with Crippen molar-refractivity contribution < 1.29 is 18.3 Å². The summed E-state index contributed by atoms with van der Waals surface area (Å²) in [5.74, 6) is -1.18. The lowest BCUT2D eigenvalue weighted by molar-refractivity contribution is -0.138. The quantitative estimate of drug-likeness (QED) is 0.706. The van der Waals surface area contributed by atoms with Crippen LogP contribution in [0.15, 0.2) is 0 Å². The van der Waals surface area contributed by atoms with Gasteiger partial charge in [-0.05, 0) is 26.7 Å². The monoisotopic (exact) mass is 236 g/mol. The number of hydrogen-bond donors (Lipinski definition) is 2. The molecule has 1 fully saturated rings. The van der Waals surface area contributed by atoms with E-state index in [1.165, 1.54) is 11.2 Å². The lowest BCUT2D eigenvalue weighted by atomic mass is 10.3. The Labute approximate surface area is 89.4 Å². The van der Waals surface area contributed by atoms with E-state index in [4.69, 9.17) is 5.11 Å². The average molecular weight is 236 g/mol. The van der Waals surface area contributed by atoms with Gasteiger partial charge < -0.3 is 5.11 Å². The molecule has 0 amide bonds. The molecular weight excluding hydrogens is 220 g/mol. The van der Waals surface area contributed by atoms with Gasteiger partial charge in [-0.15, -0.1) is 0 Å². The number of carboxylic acid groups (broad SMARTS) is 1. The molecule has 0 aromatic carbocycles. The topological polar surface area (TPSA) is 86.7 Å². The van der Waals surface area contributed by atoms with E-state index < -0.39 is 22.2 Å². The number of rotatable bonds is 4. The molecule has 2 atom stereocenters. The predicted octanol–water partition coefficient (Wildman–Crippen LogP) is -0.222. The van der Waals surface area contributed by atoms with Crippen molar-refractivity contribution in [1.82, 2.24) is 9.03 Å². The van der Waals surface area contributed by atoms with Crippen LogP contribution >= 0.6 is 0 Å². The molecule has 2 N–H and O–H groups in total. The molecule has 15 heavy (non-hydrogen) atoms. The Hall–Kier alpha value is -0.660. The van der Waals surface area contributed by atoms with E-state index in [0.29, 0.717) is 6.54 Å². The molecule has 0 radical (unpaired) electrons. The van der Waals surface area contributed by atoms with Gasteiger partial charge in [0.2, 0.25) is 0 Å². The van der Waals surface area contributed by atoms with E-state index in [9.17, 15) is 13.2 Å². The zero-order valence-electron chi connectivity index (χ0n) is 8.80. The second-order valence-corrected chi connectivity index (χ2v) is 5.44. The van der Waals surface area contributed by atoms with Gasteiger partial charge in [-0.25, -0.2) is 0 Å². The van der Waals surface area contributed by atoms with Gasteiger partial charge in [0.15, 0.2) is 0 Å². The van der Waals surface area contributed by atoms with E-state index in [1.54, 1.807) is 0 Å². The summed E-state index contributed by atoms with van der Waals surface area (Å²) < 4.78 is 26.9. The van der Waals surface area contributed by atoms with Gasteiger partial charge in [-0.1, -0.05) is 0 Å². The number of aliphatic carboxylic acids is 1. The Kier molecular flexibility index (Phi) is 3.69. The SMILES string of the molecule is CC1CCCN1S(=O)(=O)N[C@H](C)C(=O)O. The van der Waals surface area contributed by atoms with Crippen molar-refractivity contribution in [3.63, 3.8) is 0 Å². The first-order valence-electron chi connectivity index (χ1n) is 4.86. The fourth-order valence-corrected chi connectivity index (χ4v) is 3.24. The minimum atomic E-state index is -3.65. The van der Waals surface area contributed by atoms with Crippen LogP contribution in [0.3, 0.4) is 0 Å². The Morgan fingerprint density at radius 1 is 1.60 bits per heavy atom. The Morgan fingerprint density at radius 2 is 2.20 bits per heavy atom. The number of carbonyl (C=O) groups is 1. The highest BCUT2D eigenvalue weighted by atomic mass is 32.2. The minimum absolute atomic E-state index is 0.0523. The summed E-state index contributed by atoms with van der Waals surface area (Å²) in [5.41, 5.74) is 0. The van der Waals surface area contributed by atoms with E-state index >= 15 is 0 Å².